The molecule has 1 N–H and O–H groups in total. The number of nitrogens with zero attached hydrogens (tertiary/aromatic N) is 2. The van der Waals surface area contributed by atoms with Crippen LogP contribution < -0.4 is 5.32 Å². The van der Waals surface area contributed by atoms with Crippen molar-refractivity contribution in [1.82, 2.24) is 15.2 Å². The van der Waals surface area contributed by atoms with E-state index in [-0.39, 0.29) is 18.1 Å². The lowest BCUT2D eigenvalue weighted by Gasteiger charge is -2.26. The molecule has 0 bridgehead atoms. The standard InChI is InChI=1S/C16H18ClN3OS/c1-11(14-4-5-15(17)22-14)19-16(21)20-10-2-3-13(20)12-6-8-18-9-7-12/h4-9,11,13H,2-3,10H2,1H3,(H,19,21)/t11-,13-/m0/s1. The molecule has 22 heavy (non-hydrogen) atoms. The predicted molar refractivity (Wildman–Crippen MR) is 89.2 cm³/mol. The lowest BCUT2D eigenvalue weighted by atomic mass is 10.1. The summed E-state index contributed by atoms with van der Waals surface area (Å²) in [5.74, 6) is 0. The molecule has 3 heterocycles. The molecule has 1 aliphatic rings. The van der Waals surface area contributed by atoms with Gasteiger partial charge in [-0.1, -0.05) is 11.6 Å². The zero-order valence-corrected chi connectivity index (χ0v) is 13.9. The van der Waals surface area contributed by atoms with Crippen molar-refractivity contribution in [2.24, 2.45) is 0 Å². The second kappa shape index (κ2) is 6.67. The predicted octanol–water partition coefficient (Wildman–Crippen LogP) is 4.40. The van der Waals surface area contributed by atoms with Crippen LogP contribution in [0.25, 0.3) is 0 Å². The van der Waals surface area contributed by atoms with Crippen LogP contribution in [0.3, 0.4) is 0 Å². The van der Waals surface area contributed by atoms with Crippen LogP contribution in [0.5, 0.6) is 0 Å². The first-order valence-electron chi connectivity index (χ1n) is 7.37. The van der Waals surface area contributed by atoms with Gasteiger partial charge in [0, 0.05) is 23.8 Å². The summed E-state index contributed by atoms with van der Waals surface area (Å²) in [5, 5.41) is 3.07. The normalized spacial score (nSPS) is 19.2. The number of amides is 2. The van der Waals surface area contributed by atoms with E-state index in [1.54, 1.807) is 12.4 Å². The number of halogens is 1. The number of thiophene rings is 1. The molecular formula is C16H18ClN3OS. The van der Waals surface area contributed by atoms with Gasteiger partial charge in [0.05, 0.1) is 16.4 Å². The van der Waals surface area contributed by atoms with Crippen LogP contribution in [0.1, 0.15) is 42.3 Å². The summed E-state index contributed by atoms with van der Waals surface area (Å²) >= 11 is 7.46. The SMILES string of the molecule is C[C@H](NC(=O)N1CCC[C@H]1c1ccncc1)c1ccc(Cl)s1. The fraction of sp³-hybridized carbons (Fsp3) is 0.375. The molecular weight excluding hydrogens is 318 g/mol. The third-order valence-electron chi connectivity index (χ3n) is 3.97. The van der Waals surface area contributed by atoms with Crippen molar-refractivity contribution in [2.75, 3.05) is 6.54 Å². The van der Waals surface area contributed by atoms with Gasteiger partial charge in [0.1, 0.15) is 0 Å². The maximum atomic E-state index is 12.6. The van der Waals surface area contributed by atoms with Crippen LogP contribution in [0.15, 0.2) is 36.7 Å². The quantitative estimate of drug-likeness (QED) is 0.903. The Morgan fingerprint density at radius 3 is 2.86 bits per heavy atom. The summed E-state index contributed by atoms with van der Waals surface area (Å²) in [6, 6.07) is 7.88. The Balaban J connectivity index is 1.69. The van der Waals surface area contributed by atoms with Gasteiger partial charge in [0.25, 0.3) is 0 Å². The van der Waals surface area contributed by atoms with Gasteiger partial charge in [0.15, 0.2) is 0 Å². The molecule has 0 aromatic carbocycles. The number of carbonyl (C=O) groups is 1. The van der Waals surface area contributed by atoms with E-state index < -0.39 is 0 Å². The van der Waals surface area contributed by atoms with E-state index in [4.69, 9.17) is 11.6 Å². The zero-order valence-electron chi connectivity index (χ0n) is 12.3. The van der Waals surface area contributed by atoms with Gasteiger partial charge in [-0.05, 0) is 49.6 Å². The molecule has 116 valence electrons. The second-order valence-corrected chi connectivity index (χ2v) is 7.19. The van der Waals surface area contributed by atoms with Crippen molar-refractivity contribution in [1.29, 1.82) is 0 Å². The number of urea groups is 1. The number of rotatable bonds is 3. The van der Waals surface area contributed by atoms with E-state index in [1.165, 1.54) is 11.3 Å². The van der Waals surface area contributed by atoms with E-state index in [1.807, 2.05) is 36.1 Å². The third kappa shape index (κ3) is 3.25. The Morgan fingerprint density at radius 1 is 1.41 bits per heavy atom. The summed E-state index contributed by atoms with van der Waals surface area (Å²) in [6.45, 7) is 2.77. The van der Waals surface area contributed by atoms with Gasteiger partial charge < -0.3 is 10.2 Å². The van der Waals surface area contributed by atoms with E-state index in [0.717, 1.165) is 34.2 Å². The van der Waals surface area contributed by atoms with Gasteiger partial charge in [-0.25, -0.2) is 4.79 Å². The summed E-state index contributed by atoms with van der Waals surface area (Å²) < 4.78 is 0.743. The molecule has 1 saturated heterocycles. The van der Waals surface area contributed by atoms with E-state index in [0.29, 0.717) is 0 Å². The minimum atomic E-state index is -0.0382. The Morgan fingerprint density at radius 2 is 2.18 bits per heavy atom. The molecule has 0 spiro atoms. The van der Waals surface area contributed by atoms with Crippen LogP contribution in [-0.2, 0) is 0 Å². The van der Waals surface area contributed by atoms with Crippen molar-refractivity contribution < 1.29 is 4.79 Å². The lowest BCUT2D eigenvalue weighted by Crippen LogP contribution is -2.40. The minimum absolute atomic E-state index is 0.0173. The molecule has 1 aliphatic heterocycles. The van der Waals surface area contributed by atoms with Crippen molar-refractivity contribution >= 4 is 29.0 Å². The average molecular weight is 336 g/mol. The molecule has 2 aromatic heterocycles. The Labute approximate surface area is 139 Å². The van der Waals surface area contributed by atoms with E-state index in [2.05, 4.69) is 10.3 Å². The number of carbonyl (C=O) groups excluding carboxylic acids is 1. The van der Waals surface area contributed by atoms with Crippen LogP contribution in [0.2, 0.25) is 4.34 Å². The largest absolute Gasteiger partial charge is 0.331 e. The molecule has 1 fully saturated rings. The van der Waals surface area contributed by atoms with Crippen LogP contribution in [0.4, 0.5) is 4.79 Å². The van der Waals surface area contributed by atoms with Gasteiger partial charge in [0.2, 0.25) is 0 Å². The summed E-state index contributed by atoms with van der Waals surface area (Å²) in [6.07, 6.45) is 5.58. The number of aromatic nitrogens is 1. The van der Waals surface area contributed by atoms with E-state index in [9.17, 15) is 4.79 Å². The number of likely N-dealkylation sites (tertiary alicyclic amines) is 1. The van der Waals surface area contributed by atoms with Crippen LogP contribution >= 0.6 is 22.9 Å². The first-order chi connectivity index (χ1) is 10.6. The summed E-state index contributed by atoms with van der Waals surface area (Å²) in [4.78, 5) is 19.6. The highest BCUT2D eigenvalue weighted by atomic mass is 35.5. The first kappa shape index (κ1) is 15.3. The Hall–Kier alpha value is -1.59. The molecule has 4 nitrogen and oxygen atoms in total. The third-order valence-corrected chi connectivity index (χ3v) is 5.38. The fourth-order valence-corrected chi connectivity index (χ4v) is 3.91. The van der Waals surface area contributed by atoms with Crippen LogP contribution in [0, 0.1) is 0 Å². The summed E-state index contributed by atoms with van der Waals surface area (Å²) in [5.41, 5.74) is 1.15. The highest BCUT2D eigenvalue weighted by Crippen LogP contribution is 2.32. The minimum Gasteiger partial charge on any atom is -0.331 e. The molecule has 2 amide bonds. The van der Waals surface area contributed by atoms with Crippen molar-refractivity contribution in [3.8, 4) is 0 Å². The topological polar surface area (TPSA) is 45.2 Å². The highest BCUT2D eigenvalue weighted by Gasteiger charge is 2.30. The molecule has 3 rings (SSSR count). The second-order valence-electron chi connectivity index (χ2n) is 5.45. The Bertz CT molecular complexity index is 646. The van der Waals surface area contributed by atoms with Gasteiger partial charge >= 0.3 is 6.03 Å². The molecule has 0 saturated carbocycles. The zero-order chi connectivity index (χ0) is 15.5. The lowest BCUT2D eigenvalue weighted by molar-refractivity contribution is 0.190. The summed E-state index contributed by atoms with van der Waals surface area (Å²) in [7, 11) is 0. The molecule has 2 atom stereocenters. The highest BCUT2D eigenvalue weighted by molar-refractivity contribution is 7.16. The molecule has 6 heteroatoms. The van der Waals surface area contributed by atoms with Gasteiger partial charge in [-0.15, -0.1) is 11.3 Å². The smallest absolute Gasteiger partial charge is 0.318 e. The van der Waals surface area contributed by atoms with Crippen molar-refractivity contribution in [3.05, 3.63) is 51.4 Å². The van der Waals surface area contributed by atoms with Crippen LogP contribution in [-0.4, -0.2) is 22.5 Å². The first-order valence-corrected chi connectivity index (χ1v) is 8.57. The molecule has 2 aromatic rings. The van der Waals surface area contributed by atoms with Gasteiger partial charge in [-0.2, -0.15) is 0 Å². The van der Waals surface area contributed by atoms with Gasteiger partial charge in [-0.3, -0.25) is 4.98 Å². The maximum Gasteiger partial charge on any atom is 0.318 e. The number of nitrogens with one attached hydrogen (secondary N) is 1. The van der Waals surface area contributed by atoms with Crippen molar-refractivity contribution in [3.63, 3.8) is 0 Å². The van der Waals surface area contributed by atoms with Crippen molar-refractivity contribution in [2.45, 2.75) is 31.8 Å². The molecule has 0 radical (unpaired) electrons. The Kier molecular flexibility index (Phi) is 4.64. The average Bonchev–Trinajstić information content (AvgIpc) is 3.16. The fourth-order valence-electron chi connectivity index (χ4n) is 2.84. The number of hydrogen-bond acceptors (Lipinski definition) is 3. The van der Waals surface area contributed by atoms with E-state index >= 15 is 0 Å². The molecule has 0 aliphatic carbocycles. The number of pyridine rings is 1. The molecule has 0 unspecified atom stereocenters. The monoisotopic (exact) mass is 335 g/mol. The number of hydrogen-bond donors (Lipinski definition) is 1. The maximum absolute atomic E-state index is 12.6.